The van der Waals surface area contributed by atoms with E-state index in [4.69, 9.17) is 0 Å². The van der Waals surface area contributed by atoms with Crippen molar-refractivity contribution >= 4 is 11.6 Å². The number of hydrogen-bond acceptors (Lipinski definition) is 3. The number of nitrogens with one attached hydrogen (secondary N) is 1. The van der Waals surface area contributed by atoms with Gasteiger partial charge in [-0.15, -0.1) is 0 Å². The van der Waals surface area contributed by atoms with Crippen LogP contribution in [0.1, 0.15) is 39.5 Å². The molecule has 1 aliphatic rings. The molecule has 1 aliphatic carbocycles. The second-order valence-corrected chi connectivity index (χ2v) is 7.02. The van der Waals surface area contributed by atoms with Gasteiger partial charge in [0.15, 0.2) is 6.04 Å². The maximum Gasteiger partial charge on any atom is 0.416 e. The van der Waals surface area contributed by atoms with Gasteiger partial charge in [0, 0.05) is 18.2 Å². The van der Waals surface area contributed by atoms with Crippen LogP contribution < -0.4 is 9.88 Å². The Morgan fingerprint density at radius 1 is 1.10 bits per heavy atom. The van der Waals surface area contributed by atoms with E-state index in [0.717, 1.165) is 17.7 Å². The van der Waals surface area contributed by atoms with Crippen LogP contribution in [0.4, 0.5) is 19.0 Å². The average molecular weight is 398 g/mol. The highest BCUT2D eigenvalue weighted by atomic mass is 19.4. The molecule has 2 aromatic carbocycles. The number of nitrogens with zero attached hydrogens (tertiary/aromatic N) is 2. The van der Waals surface area contributed by atoms with Crippen molar-refractivity contribution in [1.82, 2.24) is 4.98 Å². The largest absolute Gasteiger partial charge is 0.416 e. The van der Waals surface area contributed by atoms with Crippen LogP contribution in [0.2, 0.25) is 0 Å². The molecule has 0 amide bonds. The monoisotopic (exact) mass is 398 g/mol. The molecule has 3 aromatic rings. The van der Waals surface area contributed by atoms with Crippen LogP contribution in [-0.4, -0.2) is 10.8 Å². The predicted octanol–water partition coefficient (Wildman–Crippen LogP) is 4.37. The lowest BCUT2D eigenvalue weighted by atomic mass is 9.86. The molecule has 1 heterocycles. The van der Waals surface area contributed by atoms with Gasteiger partial charge in [0.1, 0.15) is 0 Å². The van der Waals surface area contributed by atoms with Crippen LogP contribution >= 0.6 is 0 Å². The quantitative estimate of drug-likeness (QED) is 0.664. The Kier molecular flexibility index (Phi) is 5.05. The topological polar surface area (TPSA) is 45.9 Å². The van der Waals surface area contributed by atoms with Gasteiger partial charge < -0.3 is 5.32 Å². The number of hydrogen-bond donors (Lipinski definition) is 1. The van der Waals surface area contributed by atoms with E-state index in [1.165, 1.54) is 6.07 Å². The predicted molar refractivity (Wildman–Crippen MR) is 101 cm³/mol. The van der Waals surface area contributed by atoms with Crippen molar-refractivity contribution in [3.8, 4) is 0 Å². The van der Waals surface area contributed by atoms with Crippen LogP contribution in [0.3, 0.4) is 0 Å². The zero-order valence-electron chi connectivity index (χ0n) is 15.5. The smallest absolute Gasteiger partial charge is 0.345 e. The fourth-order valence-corrected chi connectivity index (χ4v) is 3.55. The molecule has 148 valence electrons. The van der Waals surface area contributed by atoms with Gasteiger partial charge >= 0.3 is 6.18 Å². The summed E-state index contributed by atoms with van der Waals surface area (Å²) in [6, 6.07) is 14.6. The summed E-state index contributed by atoms with van der Waals surface area (Å²) in [5.74, 6) is 0.500. The van der Waals surface area contributed by atoms with Crippen LogP contribution in [0.25, 0.3) is 0 Å². The molecule has 0 spiro atoms. The fraction of sp³-hybridized carbons (Fsp3) is 0.227. The summed E-state index contributed by atoms with van der Waals surface area (Å²) in [6.07, 6.45) is -0.188. The number of aryl methyl sites for hydroxylation is 1. The number of halogens is 3. The Hall–Kier alpha value is -3.22. The molecule has 0 saturated heterocycles. The van der Waals surface area contributed by atoms with E-state index in [1.807, 2.05) is 30.3 Å². The summed E-state index contributed by atoms with van der Waals surface area (Å²) in [5.41, 5.74) is 1.22. The third-order valence-electron chi connectivity index (χ3n) is 5.10. The summed E-state index contributed by atoms with van der Waals surface area (Å²) in [7, 11) is 0. The van der Waals surface area contributed by atoms with Crippen molar-refractivity contribution in [1.29, 1.82) is 0 Å². The highest BCUT2D eigenvalue weighted by Gasteiger charge is 2.35. The minimum Gasteiger partial charge on any atom is -0.345 e. The summed E-state index contributed by atoms with van der Waals surface area (Å²) in [6.45, 7) is 0.634. The normalized spacial score (nSPS) is 16.4. The van der Waals surface area contributed by atoms with E-state index in [9.17, 15) is 18.0 Å². The standard InChI is InChI=1S/C22H18F3N3O/c23-22(24,25)17-7-8-18-16(12-17)6-9-19(21(18)29)28-11-10-20(27-14-28)26-13-15-4-2-1-3-5-15/h1-5,7-8,10-12,14,19H,6,9,13H2/p+1. The third-order valence-corrected chi connectivity index (χ3v) is 5.10. The lowest BCUT2D eigenvalue weighted by molar-refractivity contribution is -0.711. The first-order chi connectivity index (χ1) is 13.9. The Balaban J connectivity index is 1.47. The van der Waals surface area contributed by atoms with E-state index in [1.54, 1.807) is 23.2 Å². The summed E-state index contributed by atoms with van der Waals surface area (Å²) in [5, 5.41) is 3.22. The number of fused-ring (bicyclic) bond motifs is 1. The van der Waals surface area contributed by atoms with Crippen molar-refractivity contribution < 1.29 is 22.5 Å². The molecule has 0 fully saturated rings. The minimum absolute atomic E-state index is 0.184. The van der Waals surface area contributed by atoms with E-state index in [-0.39, 0.29) is 5.78 Å². The Labute approximate surface area is 166 Å². The molecule has 29 heavy (non-hydrogen) atoms. The number of aromatic nitrogens is 2. The first-order valence-electron chi connectivity index (χ1n) is 9.31. The van der Waals surface area contributed by atoms with Crippen molar-refractivity contribution in [3.05, 3.63) is 89.4 Å². The molecule has 1 unspecified atom stereocenters. The van der Waals surface area contributed by atoms with E-state index < -0.39 is 17.8 Å². The average Bonchev–Trinajstić information content (AvgIpc) is 2.73. The molecule has 0 saturated carbocycles. The number of Topliss-reactive ketones (excluding diaryl/α,β-unsaturated/α-hetero) is 1. The van der Waals surface area contributed by atoms with Gasteiger partial charge in [-0.1, -0.05) is 36.4 Å². The van der Waals surface area contributed by atoms with Crippen LogP contribution in [0.5, 0.6) is 0 Å². The Morgan fingerprint density at radius 2 is 1.90 bits per heavy atom. The van der Waals surface area contributed by atoms with Crippen molar-refractivity contribution in [2.75, 3.05) is 5.32 Å². The zero-order valence-corrected chi connectivity index (χ0v) is 15.5. The molecule has 4 rings (SSSR count). The van der Waals surface area contributed by atoms with Crippen LogP contribution in [0.15, 0.2) is 67.1 Å². The minimum atomic E-state index is -4.41. The Morgan fingerprint density at radius 3 is 2.59 bits per heavy atom. The summed E-state index contributed by atoms with van der Waals surface area (Å²) < 4.78 is 40.4. The summed E-state index contributed by atoms with van der Waals surface area (Å²) >= 11 is 0. The van der Waals surface area contributed by atoms with E-state index >= 15 is 0 Å². The van der Waals surface area contributed by atoms with Gasteiger partial charge in [0.05, 0.1) is 11.8 Å². The molecule has 1 atom stereocenters. The molecule has 0 bridgehead atoms. The molecule has 7 heteroatoms. The van der Waals surface area contributed by atoms with Crippen molar-refractivity contribution in [2.45, 2.75) is 31.6 Å². The number of anilines is 1. The first-order valence-corrected chi connectivity index (χ1v) is 9.31. The van der Waals surface area contributed by atoms with Crippen LogP contribution in [-0.2, 0) is 19.1 Å². The number of alkyl halides is 3. The van der Waals surface area contributed by atoms with Gasteiger partial charge in [-0.05, 0) is 41.1 Å². The molecule has 1 N–H and O–H groups in total. The SMILES string of the molecule is O=C1c2ccc(C(F)(F)F)cc2CCC1[n+]1ccc(NCc2ccccc2)nc1. The van der Waals surface area contributed by atoms with Crippen molar-refractivity contribution in [2.24, 2.45) is 0 Å². The highest BCUT2D eigenvalue weighted by Crippen LogP contribution is 2.33. The molecule has 0 radical (unpaired) electrons. The van der Waals surface area contributed by atoms with E-state index in [2.05, 4.69) is 10.3 Å². The number of rotatable bonds is 4. The zero-order chi connectivity index (χ0) is 20.4. The maximum absolute atomic E-state index is 12.9. The third kappa shape index (κ3) is 4.13. The van der Waals surface area contributed by atoms with Crippen molar-refractivity contribution in [3.63, 3.8) is 0 Å². The van der Waals surface area contributed by atoms with Gasteiger partial charge in [-0.25, -0.2) is 4.57 Å². The first kappa shape index (κ1) is 19.1. The fourth-order valence-electron chi connectivity index (χ4n) is 3.55. The maximum atomic E-state index is 12.9. The number of carbonyl (C=O) groups excluding carboxylic acids is 1. The van der Waals surface area contributed by atoms with Gasteiger partial charge in [0.25, 0.3) is 6.33 Å². The Bertz CT molecular complexity index is 1020. The molecule has 0 aliphatic heterocycles. The van der Waals surface area contributed by atoms with Gasteiger partial charge in [-0.2, -0.15) is 13.2 Å². The number of ketones is 1. The second-order valence-electron chi connectivity index (χ2n) is 7.02. The van der Waals surface area contributed by atoms with Gasteiger partial charge in [0.2, 0.25) is 11.6 Å². The molecule has 4 nitrogen and oxygen atoms in total. The summed E-state index contributed by atoms with van der Waals surface area (Å²) in [4.78, 5) is 17.2. The van der Waals surface area contributed by atoms with Gasteiger partial charge in [-0.3, -0.25) is 4.79 Å². The molecular weight excluding hydrogens is 379 g/mol. The molecular formula is C22H19F3N3O+. The van der Waals surface area contributed by atoms with E-state index in [0.29, 0.717) is 36.3 Å². The number of benzene rings is 2. The van der Waals surface area contributed by atoms with Crippen LogP contribution in [0, 0.1) is 0 Å². The highest BCUT2D eigenvalue weighted by molar-refractivity contribution is 6.00. The lowest BCUT2D eigenvalue weighted by Gasteiger charge is -2.22. The lowest BCUT2D eigenvalue weighted by Crippen LogP contribution is -2.46. The number of carbonyl (C=O) groups is 1. The second kappa shape index (κ2) is 7.66. The molecule has 1 aromatic heterocycles.